The molecule has 2 amide bonds. The molecule has 2 rings (SSSR count). The highest BCUT2D eigenvalue weighted by atomic mass is 35.5. The highest BCUT2D eigenvalue weighted by Crippen LogP contribution is 2.20. The second kappa shape index (κ2) is 10.8. The van der Waals surface area contributed by atoms with Crippen molar-refractivity contribution in [3.8, 4) is 0 Å². The van der Waals surface area contributed by atoms with E-state index >= 15 is 0 Å². The van der Waals surface area contributed by atoms with Gasteiger partial charge in [-0.2, -0.15) is 0 Å². The van der Waals surface area contributed by atoms with E-state index in [4.69, 9.17) is 11.6 Å². The summed E-state index contributed by atoms with van der Waals surface area (Å²) >= 11 is 5.96. The van der Waals surface area contributed by atoms with Gasteiger partial charge < -0.3 is 10.2 Å². The Morgan fingerprint density at radius 2 is 1.69 bits per heavy atom. The van der Waals surface area contributed by atoms with Crippen molar-refractivity contribution in [3.63, 3.8) is 0 Å². The summed E-state index contributed by atoms with van der Waals surface area (Å²) in [5.41, 5.74) is 2.03. The number of carbonyl (C=O) groups excluding carboxylic acids is 2. The summed E-state index contributed by atoms with van der Waals surface area (Å²) in [6, 6.07) is 13.0. The Morgan fingerprint density at radius 3 is 2.22 bits per heavy atom. The maximum absolute atomic E-state index is 13.4. The fourth-order valence-electron chi connectivity index (χ4n) is 3.17. The lowest BCUT2D eigenvalue weighted by Gasteiger charge is -2.32. The Balaban J connectivity index is 2.38. The molecule has 2 aromatic rings. The van der Waals surface area contributed by atoms with Gasteiger partial charge in [0.1, 0.15) is 12.6 Å². The third-order valence-corrected chi connectivity index (χ3v) is 6.23. The smallest absolute Gasteiger partial charge is 0.244 e. The van der Waals surface area contributed by atoms with Crippen LogP contribution in [0.5, 0.6) is 0 Å². The van der Waals surface area contributed by atoms with Crippen LogP contribution >= 0.6 is 11.6 Å². The van der Waals surface area contributed by atoms with E-state index < -0.39 is 28.5 Å². The summed E-state index contributed by atoms with van der Waals surface area (Å²) in [5.74, 6) is -0.804. The number of nitrogens with one attached hydrogen (secondary N) is 1. The van der Waals surface area contributed by atoms with E-state index in [9.17, 15) is 18.0 Å². The maximum Gasteiger partial charge on any atom is 0.244 e. The molecular formula is C23H30ClN3O4S. The Bertz CT molecular complexity index is 1060. The normalized spacial score (nSPS) is 12.3. The molecule has 0 saturated heterocycles. The number of hydrogen-bond acceptors (Lipinski definition) is 4. The summed E-state index contributed by atoms with van der Waals surface area (Å²) in [5, 5.41) is 3.37. The van der Waals surface area contributed by atoms with Crippen molar-refractivity contribution in [2.24, 2.45) is 0 Å². The van der Waals surface area contributed by atoms with Crippen LogP contribution in [0.2, 0.25) is 5.02 Å². The number of sulfonamides is 1. The van der Waals surface area contributed by atoms with Gasteiger partial charge in [0.2, 0.25) is 21.8 Å². The molecule has 0 bridgehead atoms. The first-order chi connectivity index (χ1) is 14.9. The predicted molar refractivity (Wildman–Crippen MR) is 128 cm³/mol. The number of amides is 2. The van der Waals surface area contributed by atoms with Crippen LogP contribution in [0.1, 0.15) is 31.9 Å². The van der Waals surface area contributed by atoms with Crippen LogP contribution in [-0.2, 0) is 26.2 Å². The standard InChI is InChI=1S/C23H30ClN3O4S/c1-16(2)25-23(29)18(4)26(14-19-9-11-20(24)12-10-19)22(28)15-27(32(5,30)31)21-8-6-7-17(3)13-21/h6-13,16,18H,14-15H2,1-5H3,(H,25,29)/t18-/m1/s1. The Hall–Kier alpha value is -2.58. The van der Waals surface area contributed by atoms with E-state index in [1.165, 1.54) is 4.90 Å². The number of hydrogen-bond donors (Lipinski definition) is 1. The number of nitrogens with zero attached hydrogens (tertiary/aromatic N) is 2. The van der Waals surface area contributed by atoms with E-state index in [0.29, 0.717) is 10.7 Å². The first-order valence-electron chi connectivity index (χ1n) is 10.3. The van der Waals surface area contributed by atoms with Gasteiger partial charge in [-0.05, 0) is 63.1 Å². The molecule has 1 N–H and O–H groups in total. The van der Waals surface area contributed by atoms with Gasteiger partial charge in [-0.25, -0.2) is 8.42 Å². The maximum atomic E-state index is 13.4. The molecule has 9 heteroatoms. The van der Waals surface area contributed by atoms with Gasteiger partial charge in [0.25, 0.3) is 0 Å². The molecule has 7 nitrogen and oxygen atoms in total. The third kappa shape index (κ3) is 7.24. The van der Waals surface area contributed by atoms with Gasteiger partial charge in [0, 0.05) is 17.6 Å². The molecule has 174 valence electrons. The highest BCUT2D eigenvalue weighted by Gasteiger charge is 2.30. The average Bonchev–Trinajstić information content (AvgIpc) is 2.69. The lowest BCUT2D eigenvalue weighted by Crippen LogP contribution is -2.52. The first-order valence-corrected chi connectivity index (χ1v) is 12.5. The summed E-state index contributed by atoms with van der Waals surface area (Å²) < 4.78 is 26.1. The lowest BCUT2D eigenvalue weighted by molar-refractivity contribution is -0.139. The van der Waals surface area contributed by atoms with Gasteiger partial charge >= 0.3 is 0 Å². The van der Waals surface area contributed by atoms with E-state index in [2.05, 4.69) is 5.32 Å². The second-order valence-corrected chi connectivity index (χ2v) is 10.4. The molecule has 0 aromatic heterocycles. The Labute approximate surface area is 195 Å². The molecule has 0 heterocycles. The number of carbonyl (C=O) groups is 2. The van der Waals surface area contributed by atoms with Crippen LogP contribution in [-0.4, -0.2) is 50.0 Å². The minimum atomic E-state index is -3.74. The van der Waals surface area contributed by atoms with Crippen LogP contribution in [0.15, 0.2) is 48.5 Å². The number of anilines is 1. The molecule has 0 aliphatic heterocycles. The molecule has 0 spiro atoms. The number of benzene rings is 2. The minimum absolute atomic E-state index is 0.0998. The quantitative estimate of drug-likeness (QED) is 0.597. The summed E-state index contributed by atoms with van der Waals surface area (Å²) in [7, 11) is -3.74. The largest absolute Gasteiger partial charge is 0.352 e. The zero-order valence-corrected chi connectivity index (χ0v) is 20.6. The van der Waals surface area contributed by atoms with Crippen molar-refractivity contribution < 1.29 is 18.0 Å². The monoisotopic (exact) mass is 479 g/mol. The summed E-state index contributed by atoms with van der Waals surface area (Å²) in [6.45, 7) is 6.85. The average molecular weight is 480 g/mol. The van der Waals surface area contributed by atoms with Crippen LogP contribution < -0.4 is 9.62 Å². The summed E-state index contributed by atoms with van der Waals surface area (Å²) in [4.78, 5) is 27.4. The van der Waals surface area contributed by atoms with Crippen molar-refractivity contribution in [2.75, 3.05) is 17.1 Å². The third-order valence-electron chi connectivity index (χ3n) is 4.83. The van der Waals surface area contributed by atoms with Crippen LogP contribution in [0.4, 0.5) is 5.69 Å². The minimum Gasteiger partial charge on any atom is -0.352 e. The molecule has 0 aliphatic rings. The fraction of sp³-hybridized carbons (Fsp3) is 0.391. The molecule has 0 radical (unpaired) electrons. The topological polar surface area (TPSA) is 86.8 Å². The molecule has 0 unspecified atom stereocenters. The zero-order chi connectivity index (χ0) is 24.1. The van der Waals surface area contributed by atoms with E-state index in [0.717, 1.165) is 21.7 Å². The van der Waals surface area contributed by atoms with E-state index in [-0.39, 0.29) is 18.5 Å². The predicted octanol–water partition coefficient (Wildman–Crippen LogP) is 3.36. The summed E-state index contributed by atoms with van der Waals surface area (Å²) in [6.07, 6.45) is 1.06. The number of aryl methyl sites for hydroxylation is 1. The highest BCUT2D eigenvalue weighted by molar-refractivity contribution is 7.92. The van der Waals surface area contributed by atoms with Crippen molar-refractivity contribution in [1.29, 1.82) is 0 Å². The van der Waals surface area contributed by atoms with Gasteiger partial charge in [-0.3, -0.25) is 13.9 Å². The van der Waals surface area contributed by atoms with Crippen molar-refractivity contribution >= 4 is 39.1 Å². The van der Waals surface area contributed by atoms with Gasteiger partial charge in [0.15, 0.2) is 0 Å². The van der Waals surface area contributed by atoms with Crippen LogP contribution in [0.3, 0.4) is 0 Å². The van der Waals surface area contributed by atoms with Crippen molar-refractivity contribution in [2.45, 2.75) is 46.3 Å². The van der Waals surface area contributed by atoms with Crippen LogP contribution in [0.25, 0.3) is 0 Å². The molecule has 0 saturated carbocycles. The molecule has 32 heavy (non-hydrogen) atoms. The van der Waals surface area contributed by atoms with Crippen LogP contribution in [0, 0.1) is 6.92 Å². The van der Waals surface area contributed by atoms with E-state index in [1.54, 1.807) is 49.4 Å². The second-order valence-electron chi connectivity index (χ2n) is 8.10. The first kappa shape index (κ1) is 25.7. The number of halogens is 1. The van der Waals surface area contributed by atoms with E-state index in [1.807, 2.05) is 26.8 Å². The van der Waals surface area contributed by atoms with Gasteiger partial charge in [-0.1, -0.05) is 35.9 Å². The molecular weight excluding hydrogens is 450 g/mol. The SMILES string of the molecule is Cc1cccc(N(CC(=O)N(Cc2ccc(Cl)cc2)[C@H](C)C(=O)NC(C)C)S(C)(=O)=O)c1. The van der Waals surface area contributed by atoms with Crippen molar-refractivity contribution in [1.82, 2.24) is 10.2 Å². The lowest BCUT2D eigenvalue weighted by atomic mass is 10.1. The zero-order valence-electron chi connectivity index (χ0n) is 19.0. The Morgan fingerprint density at radius 1 is 1.06 bits per heavy atom. The Kier molecular flexibility index (Phi) is 8.69. The number of rotatable bonds is 9. The molecule has 1 atom stereocenters. The van der Waals surface area contributed by atoms with Gasteiger partial charge in [0.05, 0.1) is 11.9 Å². The molecule has 0 aliphatic carbocycles. The molecule has 2 aromatic carbocycles. The fourth-order valence-corrected chi connectivity index (χ4v) is 4.14. The van der Waals surface area contributed by atoms with Gasteiger partial charge in [-0.15, -0.1) is 0 Å². The van der Waals surface area contributed by atoms with Crippen molar-refractivity contribution in [3.05, 3.63) is 64.7 Å². The molecule has 0 fully saturated rings.